The van der Waals surface area contributed by atoms with Gasteiger partial charge in [0.25, 0.3) is 0 Å². The molecular weight excluding hydrogens is 140 g/mol. The second-order valence-electron chi connectivity index (χ2n) is 2.47. The molecular formula is C9H12O2. The molecule has 1 N–H and O–H groups in total. The molecule has 2 nitrogen and oxygen atoms in total. The van der Waals surface area contributed by atoms with Crippen molar-refractivity contribution in [3.63, 3.8) is 0 Å². The third-order valence-electron chi connectivity index (χ3n) is 1.67. The Bertz CT molecular complexity index is 246. The highest BCUT2D eigenvalue weighted by Gasteiger charge is 2.11. The second kappa shape index (κ2) is 3.19. The fourth-order valence-electron chi connectivity index (χ4n) is 0.884. The second-order valence-corrected chi connectivity index (χ2v) is 2.47. The summed E-state index contributed by atoms with van der Waals surface area (Å²) in [6.45, 7) is 1.68. The molecule has 0 aliphatic carbocycles. The Morgan fingerprint density at radius 1 is 1.45 bits per heavy atom. The smallest absolute Gasteiger partial charge is 0.310 e. The lowest BCUT2D eigenvalue weighted by Crippen LogP contribution is -2.06. The normalized spacial score (nSPS) is 12.5. The first-order valence-electron chi connectivity index (χ1n) is 3.49. The van der Waals surface area contributed by atoms with Crippen molar-refractivity contribution in [1.29, 1.82) is 0 Å². The molecule has 0 aromatic heterocycles. The van der Waals surface area contributed by atoms with Gasteiger partial charge in [-0.3, -0.25) is 4.79 Å². The van der Waals surface area contributed by atoms with Crippen LogP contribution in [0.5, 0.6) is 0 Å². The first-order valence-corrected chi connectivity index (χ1v) is 3.49. The molecule has 1 rings (SSSR count). The summed E-state index contributed by atoms with van der Waals surface area (Å²) in [5.41, 5.74) is 0.847. The fraction of sp³-hybridized carbons (Fsp3) is 0.222. The molecule has 0 fully saturated rings. The lowest BCUT2D eigenvalue weighted by Gasteiger charge is -2.04. The molecule has 0 amide bonds. The van der Waals surface area contributed by atoms with E-state index in [1.54, 1.807) is 6.92 Å². The van der Waals surface area contributed by atoms with Crippen LogP contribution in [0.15, 0.2) is 30.3 Å². The summed E-state index contributed by atoms with van der Waals surface area (Å²) in [5.74, 6) is -1.19. The van der Waals surface area contributed by atoms with Gasteiger partial charge in [-0.1, -0.05) is 30.3 Å². The molecule has 0 radical (unpaired) electrons. The number of hydrogen-bond acceptors (Lipinski definition) is 1. The number of carboxylic acids is 1. The summed E-state index contributed by atoms with van der Waals surface area (Å²) in [4.78, 5) is 10.5. The molecule has 11 heavy (non-hydrogen) atoms. The Balaban J connectivity index is 0.00000121. The van der Waals surface area contributed by atoms with Gasteiger partial charge in [-0.15, -0.1) is 0 Å². The van der Waals surface area contributed by atoms with Crippen LogP contribution in [0.1, 0.15) is 19.8 Å². The lowest BCUT2D eigenvalue weighted by molar-refractivity contribution is -0.138. The van der Waals surface area contributed by atoms with E-state index in [1.165, 1.54) is 0 Å². The van der Waals surface area contributed by atoms with E-state index < -0.39 is 11.9 Å². The van der Waals surface area contributed by atoms with Crippen molar-refractivity contribution in [2.75, 3.05) is 0 Å². The zero-order chi connectivity index (χ0) is 8.27. The highest BCUT2D eigenvalue weighted by molar-refractivity contribution is 5.75. The van der Waals surface area contributed by atoms with Crippen LogP contribution in [-0.2, 0) is 4.79 Å². The maximum atomic E-state index is 10.5. The van der Waals surface area contributed by atoms with E-state index in [1.807, 2.05) is 30.3 Å². The standard InChI is InChI=1S/C9H10O2.H2/c1-7(9(10)11)8-5-3-2-4-6-8;/h2-7H,1H3,(H,10,11);1H. The summed E-state index contributed by atoms with van der Waals surface area (Å²) < 4.78 is 0. The van der Waals surface area contributed by atoms with Crippen LogP contribution in [0.3, 0.4) is 0 Å². The van der Waals surface area contributed by atoms with Crippen molar-refractivity contribution < 1.29 is 11.3 Å². The van der Waals surface area contributed by atoms with Gasteiger partial charge < -0.3 is 5.11 Å². The Kier molecular flexibility index (Phi) is 2.26. The third-order valence-corrected chi connectivity index (χ3v) is 1.67. The molecule has 1 unspecified atom stereocenters. The number of hydrogen-bond donors (Lipinski definition) is 1. The minimum absolute atomic E-state index is 0. The van der Waals surface area contributed by atoms with Crippen molar-refractivity contribution in [2.45, 2.75) is 12.8 Å². The van der Waals surface area contributed by atoms with E-state index in [9.17, 15) is 4.79 Å². The Morgan fingerprint density at radius 3 is 2.45 bits per heavy atom. The van der Waals surface area contributed by atoms with Crippen LogP contribution >= 0.6 is 0 Å². The number of carboxylic acid groups (broad SMARTS) is 1. The molecule has 1 atom stereocenters. The van der Waals surface area contributed by atoms with Crippen molar-refractivity contribution in [2.24, 2.45) is 0 Å². The predicted octanol–water partition coefficient (Wildman–Crippen LogP) is 2.12. The van der Waals surface area contributed by atoms with Crippen LogP contribution < -0.4 is 0 Å². The Labute approximate surface area is 67.0 Å². The van der Waals surface area contributed by atoms with E-state index in [-0.39, 0.29) is 1.43 Å². The molecule has 0 bridgehead atoms. The topological polar surface area (TPSA) is 37.3 Å². The van der Waals surface area contributed by atoms with Gasteiger partial charge in [-0.05, 0) is 12.5 Å². The fourth-order valence-corrected chi connectivity index (χ4v) is 0.884. The number of benzene rings is 1. The van der Waals surface area contributed by atoms with Gasteiger partial charge >= 0.3 is 5.97 Å². The quantitative estimate of drug-likeness (QED) is 0.704. The molecule has 0 spiro atoms. The zero-order valence-corrected chi connectivity index (χ0v) is 6.32. The maximum absolute atomic E-state index is 10.5. The SMILES string of the molecule is CC(C(=O)O)c1ccccc1.[HH]. The zero-order valence-electron chi connectivity index (χ0n) is 6.32. The number of rotatable bonds is 2. The molecule has 0 saturated carbocycles. The first kappa shape index (κ1) is 7.79. The minimum atomic E-state index is -0.781. The van der Waals surface area contributed by atoms with E-state index >= 15 is 0 Å². The maximum Gasteiger partial charge on any atom is 0.310 e. The first-order chi connectivity index (χ1) is 5.22. The molecule has 0 heterocycles. The van der Waals surface area contributed by atoms with Gasteiger partial charge in [-0.2, -0.15) is 0 Å². The average molecular weight is 152 g/mol. The van der Waals surface area contributed by atoms with Crippen molar-refractivity contribution in [1.82, 2.24) is 0 Å². The highest BCUT2D eigenvalue weighted by Crippen LogP contribution is 2.13. The van der Waals surface area contributed by atoms with Gasteiger partial charge in [0.05, 0.1) is 5.92 Å². The van der Waals surface area contributed by atoms with Crippen LogP contribution in [0.4, 0.5) is 0 Å². The van der Waals surface area contributed by atoms with Crippen molar-refractivity contribution in [3.05, 3.63) is 35.9 Å². The van der Waals surface area contributed by atoms with Crippen LogP contribution in [0.2, 0.25) is 0 Å². The van der Waals surface area contributed by atoms with E-state index in [2.05, 4.69) is 0 Å². The third kappa shape index (κ3) is 1.80. The monoisotopic (exact) mass is 152 g/mol. The van der Waals surface area contributed by atoms with Gasteiger partial charge in [0.1, 0.15) is 0 Å². The van der Waals surface area contributed by atoms with Crippen LogP contribution in [0.25, 0.3) is 0 Å². The van der Waals surface area contributed by atoms with Gasteiger partial charge in [0.15, 0.2) is 0 Å². The summed E-state index contributed by atoms with van der Waals surface area (Å²) in [7, 11) is 0. The van der Waals surface area contributed by atoms with E-state index in [0.717, 1.165) is 5.56 Å². The number of aliphatic carboxylic acids is 1. The molecule has 0 saturated heterocycles. The van der Waals surface area contributed by atoms with Gasteiger partial charge in [0, 0.05) is 1.43 Å². The van der Waals surface area contributed by atoms with E-state index in [4.69, 9.17) is 5.11 Å². The van der Waals surface area contributed by atoms with Gasteiger partial charge in [0.2, 0.25) is 0 Å². The van der Waals surface area contributed by atoms with Crippen molar-refractivity contribution in [3.8, 4) is 0 Å². The lowest BCUT2D eigenvalue weighted by atomic mass is 10.0. The highest BCUT2D eigenvalue weighted by atomic mass is 16.4. The largest absolute Gasteiger partial charge is 0.481 e. The van der Waals surface area contributed by atoms with Crippen molar-refractivity contribution >= 4 is 5.97 Å². The van der Waals surface area contributed by atoms with E-state index in [0.29, 0.717) is 0 Å². The Morgan fingerprint density at radius 2 is 2.00 bits per heavy atom. The Hall–Kier alpha value is -1.31. The summed E-state index contributed by atoms with van der Waals surface area (Å²) in [6, 6.07) is 9.19. The molecule has 0 aliphatic heterocycles. The molecule has 1 aromatic carbocycles. The molecule has 60 valence electrons. The van der Waals surface area contributed by atoms with Crippen LogP contribution in [-0.4, -0.2) is 11.1 Å². The predicted molar refractivity (Wildman–Crippen MR) is 44.6 cm³/mol. The van der Waals surface area contributed by atoms with Gasteiger partial charge in [-0.25, -0.2) is 0 Å². The number of carbonyl (C=O) groups is 1. The van der Waals surface area contributed by atoms with Crippen LogP contribution in [0, 0.1) is 0 Å². The summed E-state index contributed by atoms with van der Waals surface area (Å²) in [6.07, 6.45) is 0. The average Bonchev–Trinajstić information content (AvgIpc) is 2.05. The molecule has 1 aromatic rings. The molecule has 2 heteroatoms. The minimum Gasteiger partial charge on any atom is -0.481 e. The summed E-state index contributed by atoms with van der Waals surface area (Å²) >= 11 is 0. The summed E-state index contributed by atoms with van der Waals surface area (Å²) in [5, 5.41) is 8.64. The molecule has 0 aliphatic rings.